The van der Waals surface area contributed by atoms with Gasteiger partial charge in [0.25, 0.3) is 0 Å². The number of hydrogen-bond donors (Lipinski definition) is 0. The quantitative estimate of drug-likeness (QED) is 0.535. The van der Waals surface area contributed by atoms with E-state index in [2.05, 4.69) is 60.9 Å². The fraction of sp³-hybridized carbons (Fsp3) is 0.0667. The van der Waals surface area contributed by atoms with Crippen LogP contribution in [0.15, 0.2) is 47.9 Å². The summed E-state index contributed by atoms with van der Waals surface area (Å²) in [7, 11) is 0. The van der Waals surface area contributed by atoms with Crippen LogP contribution in [0.4, 0.5) is 0 Å². The molecule has 18 heavy (non-hydrogen) atoms. The molecule has 0 N–H and O–H groups in total. The van der Waals surface area contributed by atoms with Crippen LogP contribution in [0.1, 0.15) is 11.8 Å². The molecule has 3 heteroatoms. The van der Waals surface area contributed by atoms with E-state index >= 15 is 0 Å². The first-order valence-corrected chi connectivity index (χ1v) is 8.25. The molecular formula is C15H12S3. The van der Waals surface area contributed by atoms with Gasteiger partial charge in [-0.2, -0.15) is 0 Å². The van der Waals surface area contributed by atoms with Gasteiger partial charge in [0.2, 0.25) is 0 Å². The van der Waals surface area contributed by atoms with Gasteiger partial charge in [0.1, 0.15) is 0 Å². The van der Waals surface area contributed by atoms with Crippen LogP contribution in [0, 0.1) is 0 Å². The number of rotatable bonds is 3. The third kappa shape index (κ3) is 2.34. The van der Waals surface area contributed by atoms with Crippen molar-refractivity contribution in [1.82, 2.24) is 0 Å². The van der Waals surface area contributed by atoms with E-state index in [4.69, 9.17) is 0 Å². The third-order valence-electron chi connectivity index (χ3n) is 2.57. The average molecular weight is 288 g/mol. The monoisotopic (exact) mass is 288 g/mol. The van der Waals surface area contributed by atoms with Gasteiger partial charge in [-0.05, 0) is 48.7 Å². The Balaban J connectivity index is 1.92. The van der Waals surface area contributed by atoms with E-state index in [1.807, 2.05) is 22.7 Å². The lowest BCUT2D eigenvalue weighted by molar-refractivity contribution is 1.78. The minimum atomic E-state index is 1.32. The van der Waals surface area contributed by atoms with Crippen molar-refractivity contribution in [2.24, 2.45) is 0 Å². The first kappa shape index (κ1) is 11.9. The molecule has 3 aromatic rings. The second-order valence-electron chi connectivity index (χ2n) is 3.84. The van der Waals surface area contributed by atoms with Gasteiger partial charge in [0.15, 0.2) is 0 Å². The highest BCUT2D eigenvalue weighted by atomic mass is 32.1. The Labute approximate surface area is 119 Å². The zero-order chi connectivity index (χ0) is 12.4. The SMILES string of the molecule is C/C=C\c1ccc(-c2ccc(-c3cccs3)s2)s1. The van der Waals surface area contributed by atoms with E-state index in [0.717, 1.165) is 0 Å². The van der Waals surface area contributed by atoms with Crippen LogP contribution >= 0.6 is 34.0 Å². The van der Waals surface area contributed by atoms with Gasteiger partial charge in [-0.25, -0.2) is 0 Å². The third-order valence-corrected chi connectivity index (χ3v) is 5.97. The Morgan fingerprint density at radius 1 is 0.833 bits per heavy atom. The van der Waals surface area contributed by atoms with E-state index < -0.39 is 0 Å². The molecule has 3 aromatic heterocycles. The maximum Gasteiger partial charge on any atom is 0.0449 e. The van der Waals surface area contributed by atoms with Crippen LogP contribution in [-0.4, -0.2) is 0 Å². The molecule has 3 rings (SSSR count). The minimum absolute atomic E-state index is 1.32. The summed E-state index contributed by atoms with van der Waals surface area (Å²) in [6.45, 7) is 2.05. The molecule has 0 aliphatic heterocycles. The molecule has 0 aliphatic rings. The molecular weight excluding hydrogens is 276 g/mol. The summed E-state index contributed by atoms with van der Waals surface area (Å²) >= 11 is 5.52. The molecule has 3 heterocycles. The molecule has 0 amide bonds. The van der Waals surface area contributed by atoms with E-state index in [9.17, 15) is 0 Å². The topological polar surface area (TPSA) is 0 Å². The maximum atomic E-state index is 2.23. The first-order chi connectivity index (χ1) is 8.86. The minimum Gasteiger partial charge on any atom is -0.143 e. The number of thiophene rings is 3. The van der Waals surface area contributed by atoms with E-state index in [0.29, 0.717) is 0 Å². The maximum absolute atomic E-state index is 2.23. The number of allylic oxidation sites excluding steroid dienone is 1. The molecule has 0 aliphatic carbocycles. The highest BCUT2D eigenvalue weighted by Crippen LogP contribution is 2.39. The van der Waals surface area contributed by atoms with Crippen molar-refractivity contribution in [3.05, 3.63) is 52.7 Å². The predicted octanol–water partition coefficient (Wildman–Crippen LogP) is 6.24. The molecule has 0 spiro atoms. The molecule has 0 atom stereocenters. The highest BCUT2D eigenvalue weighted by Gasteiger charge is 2.07. The molecule has 90 valence electrons. The predicted molar refractivity (Wildman–Crippen MR) is 85.7 cm³/mol. The van der Waals surface area contributed by atoms with Gasteiger partial charge >= 0.3 is 0 Å². The number of hydrogen-bond acceptors (Lipinski definition) is 3. The Morgan fingerprint density at radius 2 is 1.56 bits per heavy atom. The summed E-state index contributed by atoms with van der Waals surface area (Å²) in [5.74, 6) is 0. The highest BCUT2D eigenvalue weighted by molar-refractivity contribution is 7.26. The Kier molecular flexibility index (Phi) is 3.46. The summed E-state index contributed by atoms with van der Waals surface area (Å²) in [5, 5.41) is 2.13. The Hall–Kier alpha value is -1.16. The van der Waals surface area contributed by atoms with Crippen LogP contribution in [-0.2, 0) is 0 Å². The zero-order valence-electron chi connectivity index (χ0n) is 9.92. The smallest absolute Gasteiger partial charge is 0.0449 e. The lowest BCUT2D eigenvalue weighted by Crippen LogP contribution is -1.57. The molecule has 0 unspecified atom stereocenters. The van der Waals surface area contributed by atoms with Gasteiger partial charge < -0.3 is 0 Å². The molecule has 0 nitrogen and oxygen atoms in total. The van der Waals surface area contributed by atoms with Crippen molar-refractivity contribution >= 4 is 40.1 Å². The molecule has 0 saturated carbocycles. The van der Waals surface area contributed by atoms with Crippen LogP contribution in [0.5, 0.6) is 0 Å². The molecule has 0 bridgehead atoms. The summed E-state index contributed by atoms with van der Waals surface area (Å²) in [4.78, 5) is 6.76. The standard InChI is InChI=1S/C15H12S3/c1-2-4-11-6-7-14(17-11)15-9-8-13(18-15)12-5-3-10-16-12/h2-10H,1H3/b4-2-. The van der Waals surface area contributed by atoms with Gasteiger partial charge in [-0.3, -0.25) is 0 Å². The second-order valence-corrected chi connectivity index (χ2v) is 6.99. The second kappa shape index (κ2) is 5.22. The zero-order valence-corrected chi connectivity index (χ0v) is 12.4. The normalized spacial score (nSPS) is 11.4. The summed E-state index contributed by atoms with van der Waals surface area (Å²) in [6.07, 6.45) is 4.24. The largest absolute Gasteiger partial charge is 0.143 e. The molecule has 0 aromatic carbocycles. The first-order valence-electron chi connectivity index (χ1n) is 5.73. The van der Waals surface area contributed by atoms with Crippen molar-refractivity contribution < 1.29 is 0 Å². The van der Waals surface area contributed by atoms with Crippen LogP contribution < -0.4 is 0 Å². The fourth-order valence-corrected chi connectivity index (χ4v) is 4.67. The van der Waals surface area contributed by atoms with Gasteiger partial charge in [-0.15, -0.1) is 34.0 Å². The van der Waals surface area contributed by atoms with Crippen molar-refractivity contribution in [3.63, 3.8) is 0 Å². The van der Waals surface area contributed by atoms with E-state index in [-0.39, 0.29) is 0 Å². The Morgan fingerprint density at radius 3 is 2.28 bits per heavy atom. The molecule has 0 radical (unpaired) electrons. The summed E-state index contributed by atoms with van der Waals surface area (Å²) in [6, 6.07) is 13.1. The lowest BCUT2D eigenvalue weighted by Gasteiger charge is -1.90. The van der Waals surface area contributed by atoms with Crippen molar-refractivity contribution in [2.45, 2.75) is 6.92 Å². The Bertz CT molecular complexity index is 654. The van der Waals surface area contributed by atoms with E-state index in [1.165, 1.54) is 24.4 Å². The lowest BCUT2D eigenvalue weighted by atomic mass is 10.3. The van der Waals surface area contributed by atoms with Crippen LogP contribution in [0.3, 0.4) is 0 Å². The fourth-order valence-electron chi connectivity index (χ4n) is 1.76. The summed E-state index contributed by atoms with van der Waals surface area (Å²) in [5.41, 5.74) is 0. The molecule has 0 fully saturated rings. The van der Waals surface area contributed by atoms with Crippen LogP contribution in [0.25, 0.3) is 25.6 Å². The van der Waals surface area contributed by atoms with Gasteiger partial charge in [0.05, 0.1) is 0 Å². The van der Waals surface area contributed by atoms with Gasteiger partial charge in [-0.1, -0.05) is 12.1 Å². The van der Waals surface area contributed by atoms with Crippen molar-refractivity contribution in [3.8, 4) is 19.5 Å². The van der Waals surface area contributed by atoms with Crippen LogP contribution in [0.2, 0.25) is 0 Å². The molecule has 0 saturated heterocycles. The van der Waals surface area contributed by atoms with E-state index in [1.54, 1.807) is 11.3 Å². The average Bonchev–Trinajstić information content (AvgIpc) is 3.10. The van der Waals surface area contributed by atoms with Gasteiger partial charge in [0, 0.05) is 24.4 Å². The van der Waals surface area contributed by atoms with Crippen molar-refractivity contribution in [1.29, 1.82) is 0 Å². The van der Waals surface area contributed by atoms with Crippen molar-refractivity contribution in [2.75, 3.05) is 0 Å². The summed E-state index contributed by atoms with van der Waals surface area (Å²) < 4.78 is 0.